The summed E-state index contributed by atoms with van der Waals surface area (Å²) in [4.78, 5) is 0.209. The average molecular weight is 260 g/mol. The van der Waals surface area contributed by atoms with Crippen molar-refractivity contribution in [1.29, 1.82) is 0 Å². The van der Waals surface area contributed by atoms with Gasteiger partial charge in [-0.25, -0.2) is 8.42 Å². The number of nitrogens with two attached hydrogens (primary N) is 1. The van der Waals surface area contributed by atoms with E-state index >= 15 is 0 Å². The summed E-state index contributed by atoms with van der Waals surface area (Å²) in [5.74, 6) is 0.0766. The maximum absolute atomic E-state index is 12.0. The molecule has 1 fully saturated rings. The van der Waals surface area contributed by atoms with Crippen LogP contribution in [0.3, 0.4) is 0 Å². The molecule has 0 unspecified atom stereocenters. The first-order valence-electron chi connectivity index (χ1n) is 5.19. The van der Waals surface area contributed by atoms with Crippen LogP contribution < -0.4 is 5.73 Å². The smallest absolute Gasteiger partial charge is 0.179 e. The molecule has 1 aromatic carbocycles. The van der Waals surface area contributed by atoms with Crippen molar-refractivity contribution in [3.8, 4) is 0 Å². The Morgan fingerprint density at radius 2 is 1.94 bits per heavy atom. The fourth-order valence-corrected chi connectivity index (χ4v) is 3.59. The van der Waals surface area contributed by atoms with Crippen LogP contribution in [-0.2, 0) is 9.84 Å². The first kappa shape index (κ1) is 11.9. The lowest BCUT2D eigenvalue weighted by molar-refractivity contribution is 0.579. The van der Waals surface area contributed by atoms with Crippen molar-refractivity contribution in [2.24, 2.45) is 5.73 Å². The molecule has 1 saturated carbocycles. The Balaban J connectivity index is 2.16. The lowest BCUT2D eigenvalue weighted by Gasteiger charge is -2.09. The summed E-state index contributed by atoms with van der Waals surface area (Å²) >= 11 is 5.86. The fourth-order valence-electron chi connectivity index (χ4n) is 1.56. The van der Waals surface area contributed by atoms with Crippen LogP contribution in [0.25, 0.3) is 0 Å². The molecule has 1 aromatic rings. The van der Waals surface area contributed by atoms with Gasteiger partial charge in [-0.15, -0.1) is 0 Å². The zero-order valence-corrected chi connectivity index (χ0v) is 10.4. The van der Waals surface area contributed by atoms with Crippen molar-refractivity contribution < 1.29 is 8.42 Å². The van der Waals surface area contributed by atoms with Gasteiger partial charge in [-0.3, -0.25) is 0 Å². The largest absolute Gasteiger partial charge is 0.325 e. The molecule has 0 radical (unpaired) electrons. The molecule has 1 aliphatic carbocycles. The standard InChI is InChI=1S/C11H14ClNO2S/c12-9-3-1-2-4-10(9)16(14,15)8-7-11(13)5-6-11/h1-4H,5-8,13H2. The number of sulfone groups is 1. The van der Waals surface area contributed by atoms with Gasteiger partial charge in [-0.2, -0.15) is 0 Å². The third-order valence-electron chi connectivity index (χ3n) is 2.93. The van der Waals surface area contributed by atoms with Crippen LogP contribution in [0.2, 0.25) is 5.02 Å². The van der Waals surface area contributed by atoms with Crippen LogP contribution in [0.1, 0.15) is 19.3 Å². The molecule has 2 N–H and O–H groups in total. The molecule has 88 valence electrons. The molecule has 2 rings (SSSR count). The van der Waals surface area contributed by atoms with E-state index in [2.05, 4.69) is 0 Å². The van der Waals surface area contributed by atoms with Crippen molar-refractivity contribution in [3.05, 3.63) is 29.3 Å². The highest BCUT2D eigenvalue weighted by molar-refractivity contribution is 7.91. The highest BCUT2D eigenvalue weighted by Gasteiger charge is 2.39. The quantitative estimate of drug-likeness (QED) is 0.900. The molecule has 0 aliphatic heterocycles. The minimum Gasteiger partial charge on any atom is -0.325 e. The third-order valence-corrected chi connectivity index (χ3v) is 5.14. The van der Waals surface area contributed by atoms with E-state index in [1.165, 1.54) is 6.07 Å². The van der Waals surface area contributed by atoms with Gasteiger partial charge >= 0.3 is 0 Å². The van der Waals surface area contributed by atoms with Crippen LogP contribution in [0.4, 0.5) is 0 Å². The summed E-state index contributed by atoms with van der Waals surface area (Å²) in [5.41, 5.74) is 5.63. The first-order valence-corrected chi connectivity index (χ1v) is 7.22. The van der Waals surface area contributed by atoms with Crippen molar-refractivity contribution in [2.75, 3.05) is 5.75 Å². The van der Waals surface area contributed by atoms with Gasteiger partial charge < -0.3 is 5.73 Å². The van der Waals surface area contributed by atoms with Gasteiger partial charge in [-0.05, 0) is 31.4 Å². The number of rotatable bonds is 4. The minimum absolute atomic E-state index is 0.0766. The van der Waals surface area contributed by atoms with E-state index in [1.54, 1.807) is 18.2 Å². The Bertz CT molecular complexity index is 494. The second kappa shape index (κ2) is 4.02. The van der Waals surface area contributed by atoms with E-state index in [0.29, 0.717) is 6.42 Å². The second-order valence-corrected chi connectivity index (χ2v) is 6.85. The lowest BCUT2D eigenvalue weighted by atomic mass is 10.2. The van der Waals surface area contributed by atoms with E-state index in [1.807, 2.05) is 0 Å². The lowest BCUT2D eigenvalue weighted by Crippen LogP contribution is -2.25. The molecule has 0 spiro atoms. The van der Waals surface area contributed by atoms with E-state index < -0.39 is 9.84 Å². The third kappa shape index (κ3) is 2.56. The number of hydrogen-bond acceptors (Lipinski definition) is 3. The molecule has 0 saturated heterocycles. The highest BCUT2D eigenvalue weighted by atomic mass is 35.5. The summed E-state index contributed by atoms with van der Waals surface area (Å²) in [5, 5.41) is 0.282. The van der Waals surface area contributed by atoms with Crippen LogP contribution in [0.5, 0.6) is 0 Å². The van der Waals surface area contributed by atoms with E-state index in [0.717, 1.165) is 12.8 Å². The van der Waals surface area contributed by atoms with Gasteiger partial charge in [0.15, 0.2) is 9.84 Å². The zero-order chi connectivity index (χ0) is 11.8. The molecule has 3 nitrogen and oxygen atoms in total. The van der Waals surface area contributed by atoms with Crippen molar-refractivity contribution in [2.45, 2.75) is 29.7 Å². The second-order valence-electron chi connectivity index (χ2n) is 4.36. The molecule has 0 atom stereocenters. The summed E-state index contributed by atoms with van der Waals surface area (Å²) in [6.07, 6.45) is 2.36. The Morgan fingerprint density at radius 3 is 2.50 bits per heavy atom. The van der Waals surface area contributed by atoms with Gasteiger partial charge in [0.25, 0.3) is 0 Å². The molecule has 16 heavy (non-hydrogen) atoms. The summed E-state index contributed by atoms with van der Waals surface area (Å²) in [6.45, 7) is 0. The molecule has 0 bridgehead atoms. The normalized spacial score (nSPS) is 18.4. The van der Waals surface area contributed by atoms with Gasteiger partial charge in [0, 0.05) is 5.54 Å². The van der Waals surface area contributed by atoms with Gasteiger partial charge in [0.2, 0.25) is 0 Å². The average Bonchev–Trinajstić information content (AvgIpc) is 2.95. The van der Waals surface area contributed by atoms with E-state index in [-0.39, 0.29) is 21.2 Å². The van der Waals surface area contributed by atoms with E-state index in [4.69, 9.17) is 17.3 Å². The number of halogens is 1. The van der Waals surface area contributed by atoms with Crippen LogP contribution in [0, 0.1) is 0 Å². The van der Waals surface area contributed by atoms with Crippen molar-refractivity contribution in [1.82, 2.24) is 0 Å². The van der Waals surface area contributed by atoms with Gasteiger partial charge in [-0.1, -0.05) is 23.7 Å². The van der Waals surface area contributed by atoms with Crippen molar-refractivity contribution >= 4 is 21.4 Å². The molecular formula is C11H14ClNO2S. The molecule has 0 heterocycles. The monoisotopic (exact) mass is 259 g/mol. The first-order chi connectivity index (χ1) is 7.43. The zero-order valence-electron chi connectivity index (χ0n) is 8.82. The molecular weight excluding hydrogens is 246 g/mol. The Morgan fingerprint density at radius 1 is 1.31 bits per heavy atom. The Labute approximate surface area is 101 Å². The maximum atomic E-state index is 12.0. The Kier molecular flexibility index (Phi) is 2.99. The number of benzene rings is 1. The summed E-state index contributed by atoms with van der Waals surface area (Å²) in [7, 11) is -3.30. The van der Waals surface area contributed by atoms with Crippen molar-refractivity contribution in [3.63, 3.8) is 0 Å². The topological polar surface area (TPSA) is 60.2 Å². The summed E-state index contributed by atoms with van der Waals surface area (Å²) < 4.78 is 24.0. The highest BCUT2D eigenvalue weighted by Crippen LogP contribution is 2.36. The molecule has 1 aliphatic rings. The van der Waals surface area contributed by atoms with Crippen LogP contribution in [0.15, 0.2) is 29.2 Å². The molecule has 5 heteroatoms. The van der Waals surface area contributed by atoms with Gasteiger partial charge in [0.05, 0.1) is 15.7 Å². The predicted molar refractivity (Wildman–Crippen MR) is 64.3 cm³/mol. The summed E-state index contributed by atoms with van der Waals surface area (Å²) in [6, 6.07) is 6.51. The van der Waals surface area contributed by atoms with Gasteiger partial charge in [0.1, 0.15) is 0 Å². The fraction of sp³-hybridized carbons (Fsp3) is 0.455. The van der Waals surface area contributed by atoms with Crippen LogP contribution in [-0.4, -0.2) is 19.7 Å². The predicted octanol–water partition coefficient (Wildman–Crippen LogP) is 2.00. The SMILES string of the molecule is NC1(CCS(=O)(=O)c2ccccc2Cl)CC1. The number of hydrogen-bond donors (Lipinski definition) is 1. The van der Waals surface area contributed by atoms with Crippen LogP contribution >= 0.6 is 11.6 Å². The van der Waals surface area contributed by atoms with E-state index in [9.17, 15) is 8.42 Å². The minimum atomic E-state index is -3.30. The maximum Gasteiger partial charge on any atom is 0.179 e. The molecule has 0 aromatic heterocycles. The Hall–Kier alpha value is -0.580. The molecule has 0 amide bonds.